The molecule has 0 heterocycles. The Morgan fingerprint density at radius 2 is 2.00 bits per heavy atom. The highest BCUT2D eigenvalue weighted by Gasteiger charge is 2.41. The maximum atomic E-state index is 10.8. The van der Waals surface area contributed by atoms with Gasteiger partial charge in [0.1, 0.15) is 9.84 Å². The second-order valence-corrected chi connectivity index (χ2v) is 6.33. The minimum Gasteiger partial charge on any atom is -0.229 e. The highest BCUT2D eigenvalue weighted by Crippen LogP contribution is 2.50. The van der Waals surface area contributed by atoms with Crippen molar-refractivity contribution in [1.82, 2.24) is 0 Å². The molecule has 0 bridgehead atoms. The lowest BCUT2D eigenvalue weighted by Gasteiger charge is -2.08. The summed E-state index contributed by atoms with van der Waals surface area (Å²) in [6.45, 7) is 0. The third-order valence-electron chi connectivity index (χ3n) is 2.24. The van der Waals surface area contributed by atoms with E-state index in [9.17, 15) is 8.42 Å². The quantitative estimate of drug-likeness (QED) is 0.700. The molecule has 1 rings (SSSR count). The topological polar surface area (TPSA) is 34.1 Å². The number of hydrogen-bond donors (Lipinski definition) is 0. The average molecular weight is 241 g/mol. The maximum absolute atomic E-state index is 10.8. The van der Waals surface area contributed by atoms with E-state index in [4.69, 9.17) is 0 Å². The Morgan fingerprint density at radius 3 is 2.27 bits per heavy atom. The second-order valence-electron chi connectivity index (χ2n) is 3.51. The Bertz CT molecular complexity index is 229. The molecule has 0 aliphatic heterocycles. The largest absolute Gasteiger partial charge is 0.229 e. The summed E-state index contributed by atoms with van der Waals surface area (Å²) in [6.07, 6.45) is 4.51. The van der Waals surface area contributed by atoms with Crippen molar-refractivity contribution in [3.63, 3.8) is 0 Å². The van der Waals surface area contributed by atoms with E-state index < -0.39 is 9.84 Å². The minimum atomic E-state index is -2.75. The van der Waals surface area contributed by atoms with Gasteiger partial charge in [0.15, 0.2) is 0 Å². The normalized spacial score (nSPS) is 21.6. The molecule has 2 nitrogen and oxygen atoms in total. The molecule has 1 fully saturated rings. The molecule has 0 amide bonds. The first kappa shape index (κ1) is 9.52. The average Bonchev–Trinajstić information content (AvgIpc) is 2.63. The maximum Gasteiger partial charge on any atom is 0.147 e. The molecule has 0 aromatic heterocycles. The van der Waals surface area contributed by atoms with Crippen molar-refractivity contribution in [2.45, 2.75) is 19.3 Å². The van der Waals surface area contributed by atoms with Crippen LogP contribution in [-0.2, 0) is 9.84 Å². The SMILES string of the molecule is CS(=O)(=O)CCC1(CBr)CC1. The molecular weight excluding hydrogens is 228 g/mol. The van der Waals surface area contributed by atoms with E-state index in [1.54, 1.807) is 0 Å². The predicted molar refractivity (Wildman–Crippen MR) is 49.8 cm³/mol. The van der Waals surface area contributed by atoms with Gasteiger partial charge in [-0.15, -0.1) is 0 Å². The summed E-state index contributed by atoms with van der Waals surface area (Å²) >= 11 is 3.41. The summed E-state index contributed by atoms with van der Waals surface area (Å²) < 4.78 is 21.6. The molecule has 0 unspecified atom stereocenters. The molecule has 0 atom stereocenters. The van der Waals surface area contributed by atoms with Gasteiger partial charge in [-0.3, -0.25) is 0 Å². The zero-order valence-electron chi connectivity index (χ0n) is 6.64. The van der Waals surface area contributed by atoms with Gasteiger partial charge < -0.3 is 0 Å². The molecule has 66 valence electrons. The zero-order chi connectivity index (χ0) is 8.54. The van der Waals surface area contributed by atoms with Crippen LogP contribution in [0.15, 0.2) is 0 Å². The van der Waals surface area contributed by atoms with Crippen LogP contribution in [0.4, 0.5) is 0 Å². The van der Waals surface area contributed by atoms with Gasteiger partial charge in [0.2, 0.25) is 0 Å². The van der Waals surface area contributed by atoms with Crippen LogP contribution in [-0.4, -0.2) is 25.8 Å². The van der Waals surface area contributed by atoms with Crippen LogP contribution in [0.25, 0.3) is 0 Å². The van der Waals surface area contributed by atoms with E-state index in [0.29, 0.717) is 11.2 Å². The lowest BCUT2D eigenvalue weighted by Crippen LogP contribution is -2.11. The lowest BCUT2D eigenvalue weighted by atomic mass is 10.1. The number of halogens is 1. The van der Waals surface area contributed by atoms with Crippen LogP contribution < -0.4 is 0 Å². The first-order valence-corrected chi connectivity index (χ1v) is 6.89. The number of rotatable bonds is 4. The molecule has 0 saturated heterocycles. The first-order valence-electron chi connectivity index (χ1n) is 3.71. The van der Waals surface area contributed by atoms with Gasteiger partial charge in [-0.05, 0) is 24.7 Å². The molecule has 0 spiro atoms. The highest BCUT2D eigenvalue weighted by molar-refractivity contribution is 9.09. The Morgan fingerprint density at radius 1 is 1.45 bits per heavy atom. The monoisotopic (exact) mass is 240 g/mol. The summed E-state index contributed by atoms with van der Waals surface area (Å²) in [5.41, 5.74) is 0.336. The third kappa shape index (κ3) is 3.11. The molecular formula is C7H13BrO2S. The predicted octanol–water partition coefficient (Wildman–Crippen LogP) is 1.60. The molecule has 0 radical (unpaired) electrons. The highest BCUT2D eigenvalue weighted by atomic mass is 79.9. The summed E-state index contributed by atoms with van der Waals surface area (Å²) in [7, 11) is -2.75. The van der Waals surface area contributed by atoms with Crippen molar-refractivity contribution in [3.05, 3.63) is 0 Å². The first-order chi connectivity index (χ1) is 4.97. The van der Waals surface area contributed by atoms with Crippen LogP contribution in [0.5, 0.6) is 0 Å². The molecule has 1 aliphatic carbocycles. The van der Waals surface area contributed by atoms with Crippen molar-refractivity contribution in [3.8, 4) is 0 Å². The van der Waals surface area contributed by atoms with Crippen molar-refractivity contribution in [1.29, 1.82) is 0 Å². The number of alkyl halides is 1. The smallest absolute Gasteiger partial charge is 0.147 e. The number of sulfone groups is 1. The molecule has 4 heteroatoms. The van der Waals surface area contributed by atoms with Gasteiger partial charge in [0.25, 0.3) is 0 Å². The second kappa shape index (κ2) is 3.05. The van der Waals surface area contributed by atoms with E-state index in [1.807, 2.05) is 0 Å². The van der Waals surface area contributed by atoms with E-state index >= 15 is 0 Å². The molecule has 1 aliphatic rings. The van der Waals surface area contributed by atoms with Crippen LogP contribution >= 0.6 is 15.9 Å². The molecule has 0 aromatic carbocycles. The Balaban J connectivity index is 2.33. The standard InChI is InChI=1S/C7H13BrO2S/c1-11(9,10)5-4-7(6-8)2-3-7/h2-6H2,1H3. The minimum absolute atomic E-state index is 0.336. The summed E-state index contributed by atoms with van der Waals surface area (Å²) in [6, 6.07) is 0. The van der Waals surface area contributed by atoms with Crippen LogP contribution in [0.2, 0.25) is 0 Å². The molecule has 0 N–H and O–H groups in total. The van der Waals surface area contributed by atoms with E-state index in [1.165, 1.54) is 19.1 Å². The van der Waals surface area contributed by atoms with Crippen LogP contribution in [0.3, 0.4) is 0 Å². The molecule has 0 aromatic rings. The van der Waals surface area contributed by atoms with Crippen molar-refractivity contribution >= 4 is 25.8 Å². The van der Waals surface area contributed by atoms with E-state index in [0.717, 1.165) is 11.8 Å². The van der Waals surface area contributed by atoms with Crippen molar-refractivity contribution < 1.29 is 8.42 Å². The van der Waals surface area contributed by atoms with E-state index in [-0.39, 0.29) is 0 Å². The van der Waals surface area contributed by atoms with Gasteiger partial charge in [0.05, 0.1) is 5.75 Å². The number of hydrogen-bond acceptors (Lipinski definition) is 2. The Labute approximate surface area is 76.4 Å². The fourth-order valence-electron chi connectivity index (χ4n) is 1.03. The van der Waals surface area contributed by atoms with Gasteiger partial charge in [-0.1, -0.05) is 15.9 Å². The summed E-state index contributed by atoms with van der Waals surface area (Å²) in [4.78, 5) is 0. The molecule has 1 saturated carbocycles. The molecule has 11 heavy (non-hydrogen) atoms. The van der Waals surface area contributed by atoms with Crippen LogP contribution in [0.1, 0.15) is 19.3 Å². The lowest BCUT2D eigenvalue weighted by molar-refractivity contribution is 0.548. The fourth-order valence-corrected chi connectivity index (χ4v) is 2.67. The Kier molecular flexibility index (Phi) is 2.64. The van der Waals surface area contributed by atoms with Gasteiger partial charge >= 0.3 is 0 Å². The third-order valence-corrected chi connectivity index (χ3v) is 4.38. The summed E-state index contributed by atoms with van der Waals surface area (Å²) in [5, 5.41) is 0.954. The van der Waals surface area contributed by atoms with Gasteiger partial charge in [-0.2, -0.15) is 0 Å². The van der Waals surface area contributed by atoms with E-state index in [2.05, 4.69) is 15.9 Å². The van der Waals surface area contributed by atoms with Gasteiger partial charge in [0, 0.05) is 11.6 Å². The fraction of sp³-hybridized carbons (Fsp3) is 1.00. The van der Waals surface area contributed by atoms with Crippen molar-refractivity contribution in [2.75, 3.05) is 17.3 Å². The Hall–Kier alpha value is 0.430. The summed E-state index contributed by atoms with van der Waals surface area (Å²) in [5.74, 6) is 0.346. The van der Waals surface area contributed by atoms with Crippen LogP contribution in [0, 0.1) is 5.41 Å². The van der Waals surface area contributed by atoms with Gasteiger partial charge in [-0.25, -0.2) is 8.42 Å². The van der Waals surface area contributed by atoms with Crippen molar-refractivity contribution in [2.24, 2.45) is 5.41 Å². The zero-order valence-corrected chi connectivity index (χ0v) is 9.04.